The summed E-state index contributed by atoms with van der Waals surface area (Å²) < 4.78 is 0. The SMILES string of the molecule is CCCC(=O)Nc1cccc(C2CCN(CCCCc3ccccc3)CC2)c1. The lowest BCUT2D eigenvalue weighted by Gasteiger charge is -2.32. The Hall–Kier alpha value is -2.13. The number of anilines is 1. The minimum atomic E-state index is 0.116. The summed E-state index contributed by atoms with van der Waals surface area (Å²) in [6.07, 6.45) is 7.63. The van der Waals surface area contributed by atoms with Crippen LogP contribution in [0.3, 0.4) is 0 Å². The van der Waals surface area contributed by atoms with Crippen molar-refractivity contribution >= 4 is 11.6 Å². The van der Waals surface area contributed by atoms with Crippen molar-refractivity contribution in [2.75, 3.05) is 25.0 Å². The summed E-state index contributed by atoms with van der Waals surface area (Å²) in [4.78, 5) is 14.5. The maximum Gasteiger partial charge on any atom is 0.224 e. The second-order valence-corrected chi connectivity index (χ2v) is 7.98. The van der Waals surface area contributed by atoms with Crippen LogP contribution in [0.25, 0.3) is 0 Å². The van der Waals surface area contributed by atoms with Crippen molar-refractivity contribution < 1.29 is 4.79 Å². The summed E-state index contributed by atoms with van der Waals surface area (Å²) in [5.74, 6) is 0.730. The fourth-order valence-electron chi connectivity index (χ4n) is 4.12. The van der Waals surface area contributed by atoms with Gasteiger partial charge in [-0.3, -0.25) is 4.79 Å². The van der Waals surface area contributed by atoms with E-state index in [2.05, 4.69) is 58.7 Å². The molecule has 0 saturated carbocycles. The molecule has 3 heteroatoms. The van der Waals surface area contributed by atoms with Crippen LogP contribution in [-0.2, 0) is 11.2 Å². The molecular formula is C25H34N2O. The highest BCUT2D eigenvalue weighted by atomic mass is 16.1. The predicted molar refractivity (Wildman–Crippen MR) is 118 cm³/mol. The van der Waals surface area contributed by atoms with Crippen molar-refractivity contribution in [3.8, 4) is 0 Å². The van der Waals surface area contributed by atoms with Crippen molar-refractivity contribution in [1.29, 1.82) is 0 Å². The van der Waals surface area contributed by atoms with Crippen LogP contribution in [0.4, 0.5) is 5.69 Å². The Kier molecular flexibility index (Phi) is 8.10. The summed E-state index contributed by atoms with van der Waals surface area (Å²) in [6.45, 7) is 5.61. The first-order valence-electron chi connectivity index (χ1n) is 10.9. The molecule has 0 atom stereocenters. The molecule has 3 rings (SSSR count). The smallest absolute Gasteiger partial charge is 0.224 e. The number of aryl methyl sites for hydroxylation is 1. The second kappa shape index (κ2) is 11.0. The molecule has 0 unspecified atom stereocenters. The standard InChI is InChI=1S/C25H34N2O/c1-2-9-25(28)26-24-14-8-13-23(20-24)22-15-18-27(19-16-22)17-7-6-12-21-10-4-3-5-11-21/h3-5,8,10-11,13-14,20,22H,2,6-7,9,12,15-19H2,1H3,(H,26,28). The van der Waals surface area contributed by atoms with Gasteiger partial charge in [0.2, 0.25) is 5.91 Å². The van der Waals surface area contributed by atoms with Crippen LogP contribution < -0.4 is 5.32 Å². The molecule has 3 nitrogen and oxygen atoms in total. The zero-order valence-corrected chi connectivity index (χ0v) is 17.2. The van der Waals surface area contributed by atoms with Gasteiger partial charge >= 0.3 is 0 Å². The number of nitrogens with one attached hydrogen (secondary N) is 1. The highest BCUT2D eigenvalue weighted by molar-refractivity contribution is 5.90. The van der Waals surface area contributed by atoms with Gasteiger partial charge in [-0.1, -0.05) is 49.4 Å². The molecule has 28 heavy (non-hydrogen) atoms. The topological polar surface area (TPSA) is 32.3 Å². The van der Waals surface area contributed by atoms with Gasteiger partial charge in [-0.2, -0.15) is 0 Å². The van der Waals surface area contributed by atoms with Crippen molar-refractivity contribution in [1.82, 2.24) is 4.90 Å². The van der Waals surface area contributed by atoms with Gasteiger partial charge in [0.15, 0.2) is 0 Å². The Bertz CT molecular complexity index is 720. The number of unbranched alkanes of at least 4 members (excludes halogenated alkanes) is 1. The normalized spacial score (nSPS) is 15.5. The van der Waals surface area contributed by atoms with E-state index in [0.29, 0.717) is 12.3 Å². The van der Waals surface area contributed by atoms with Crippen molar-refractivity contribution in [3.63, 3.8) is 0 Å². The molecule has 2 aromatic carbocycles. The van der Waals surface area contributed by atoms with Crippen molar-refractivity contribution in [2.45, 2.75) is 57.8 Å². The lowest BCUT2D eigenvalue weighted by molar-refractivity contribution is -0.116. The summed E-state index contributed by atoms with van der Waals surface area (Å²) in [5.41, 5.74) is 3.77. The van der Waals surface area contributed by atoms with E-state index >= 15 is 0 Å². The van der Waals surface area contributed by atoms with Gasteiger partial charge in [0, 0.05) is 12.1 Å². The van der Waals surface area contributed by atoms with E-state index in [4.69, 9.17) is 0 Å². The van der Waals surface area contributed by atoms with E-state index in [1.165, 1.54) is 62.9 Å². The highest BCUT2D eigenvalue weighted by Crippen LogP contribution is 2.29. The lowest BCUT2D eigenvalue weighted by atomic mass is 9.89. The number of carbonyl (C=O) groups excluding carboxylic acids is 1. The molecule has 0 radical (unpaired) electrons. The Morgan fingerprint density at radius 1 is 1.04 bits per heavy atom. The predicted octanol–water partition coefficient (Wildman–Crippen LogP) is 5.63. The highest BCUT2D eigenvalue weighted by Gasteiger charge is 2.20. The average molecular weight is 379 g/mol. The third kappa shape index (κ3) is 6.49. The zero-order valence-electron chi connectivity index (χ0n) is 17.2. The van der Waals surface area contributed by atoms with Gasteiger partial charge in [-0.15, -0.1) is 0 Å². The van der Waals surface area contributed by atoms with Crippen LogP contribution in [0.2, 0.25) is 0 Å². The molecule has 1 aliphatic heterocycles. The minimum absolute atomic E-state index is 0.116. The van der Waals surface area contributed by atoms with E-state index in [1.54, 1.807) is 0 Å². The Labute approximate surface area is 170 Å². The van der Waals surface area contributed by atoms with Crippen LogP contribution in [0.15, 0.2) is 54.6 Å². The number of amides is 1. The first-order valence-corrected chi connectivity index (χ1v) is 10.9. The van der Waals surface area contributed by atoms with Gasteiger partial charge in [0.05, 0.1) is 0 Å². The van der Waals surface area contributed by atoms with Crippen LogP contribution in [0.5, 0.6) is 0 Å². The quantitative estimate of drug-likeness (QED) is 0.574. The summed E-state index contributed by atoms with van der Waals surface area (Å²) in [6, 6.07) is 19.3. The molecule has 0 aromatic heterocycles. The Morgan fingerprint density at radius 2 is 1.82 bits per heavy atom. The second-order valence-electron chi connectivity index (χ2n) is 7.98. The molecule has 1 saturated heterocycles. The molecule has 0 bridgehead atoms. The number of rotatable bonds is 9. The third-order valence-electron chi connectivity index (χ3n) is 5.74. The van der Waals surface area contributed by atoms with E-state index in [-0.39, 0.29) is 5.91 Å². The molecule has 1 N–H and O–H groups in total. The molecule has 1 amide bonds. The van der Waals surface area contributed by atoms with E-state index < -0.39 is 0 Å². The molecule has 0 spiro atoms. The van der Waals surface area contributed by atoms with Gasteiger partial charge < -0.3 is 10.2 Å². The maximum absolute atomic E-state index is 11.8. The molecule has 2 aromatic rings. The fraction of sp³-hybridized carbons (Fsp3) is 0.480. The zero-order chi connectivity index (χ0) is 19.6. The number of hydrogen-bond acceptors (Lipinski definition) is 2. The first-order chi connectivity index (χ1) is 13.7. The van der Waals surface area contributed by atoms with E-state index in [9.17, 15) is 4.79 Å². The van der Waals surface area contributed by atoms with Crippen LogP contribution in [0.1, 0.15) is 62.5 Å². The van der Waals surface area contributed by atoms with Gasteiger partial charge in [-0.25, -0.2) is 0 Å². The lowest BCUT2D eigenvalue weighted by Crippen LogP contribution is -2.33. The third-order valence-corrected chi connectivity index (χ3v) is 5.74. The number of likely N-dealkylation sites (tertiary alicyclic amines) is 1. The molecule has 0 aliphatic carbocycles. The van der Waals surface area contributed by atoms with E-state index in [0.717, 1.165) is 12.1 Å². The number of nitrogens with zero attached hydrogens (tertiary/aromatic N) is 1. The minimum Gasteiger partial charge on any atom is -0.326 e. The van der Waals surface area contributed by atoms with Crippen LogP contribution >= 0.6 is 0 Å². The number of hydrogen-bond donors (Lipinski definition) is 1. The van der Waals surface area contributed by atoms with Gasteiger partial charge in [0.1, 0.15) is 0 Å². The number of piperidine rings is 1. The average Bonchev–Trinajstić information content (AvgIpc) is 2.73. The molecule has 150 valence electrons. The summed E-state index contributed by atoms with van der Waals surface area (Å²) in [5, 5.41) is 3.03. The summed E-state index contributed by atoms with van der Waals surface area (Å²) >= 11 is 0. The maximum atomic E-state index is 11.8. The number of carbonyl (C=O) groups is 1. The first kappa shape index (κ1) is 20.6. The molecule has 1 fully saturated rings. The van der Waals surface area contributed by atoms with Crippen molar-refractivity contribution in [3.05, 3.63) is 65.7 Å². The fourth-order valence-corrected chi connectivity index (χ4v) is 4.12. The Morgan fingerprint density at radius 3 is 2.57 bits per heavy atom. The van der Waals surface area contributed by atoms with Crippen LogP contribution in [0, 0.1) is 0 Å². The Balaban J connectivity index is 1.39. The van der Waals surface area contributed by atoms with Crippen LogP contribution in [-0.4, -0.2) is 30.4 Å². The number of benzene rings is 2. The van der Waals surface area contributed by atoms with E-state index in [1.807, 2.05) is 13.0 Å². The molecule has 1 aliphatic rings. The largest absolute Gasteiger partial charge is 0.326 e. The molecular weight excluding hydrogens is 344 g/mol. The monoisotopic (exact) mass is 378 g/mol. The summed E-state index contributed by atoms with van der Waals surface area (Å²) in [7, 11) is 0. The van der Waals surface area contributed by atoms with Gasteiger partial charge in [-0.05, 0) is 87.3 Å². The van der Waals surface area contributed by atoms with Gasteiger partial charge in [0.25, 0.3) is 0 Å². The molecule has 1 heterocycles. The van der Waals surface area contributed by atoms with Crippen molar-refractivity contribution in [2.24, 2.45) is 0 Å².